The van der Waals surface area contributed by atoms with Crippen LogP contribution >= 0.6 is 11.3 Å². The highest BCUT2D eigenvalue weighted by atomic mass is 32.1. The van der Waals surface area contributed by atoms with Crippen molar-refractivity contribution in [3.05, 3.63) is 22.4 Å². The number of ether oxygens (including phenoxy) is 1. The molecule has 3 atom stereocenters. The largest absolute Gasteiger partial charge is 0.381 e. The first-order valence-corrected chi connectivity index (χ1v) is 7.59. The van der Waals surface area contributed by atoms with Crippen LogP contribution in [-0.4, -0.2) is 44.8 Å². The molecule has 1 saturated heterocycles. The Kier molecular flexibility index (Phi) is 5.18. The third-order valence-corrected chi connectivity index (χ3v) is 5.03. The van der Waals surface area contributed by atoms with Gasteiger partial charge < -0.3 is 10.1 Å². The van der Waals surface area contributed by atoms with Gasteiger partial charge in [0, 0.05) is 36.0 Å². The summed E-state index contributed by atoms with van der Waals surface area (Å²) < 4.78 is 5.62. The van der Waals surface area contributed by atoms with E-state index in [-0.39, 0.29) is 0 Å². The van der Waals surface area contributed by atoms with Crippen molar-refractivity contribution in [1.29, 1.82) is 0 Å². The van der Waals surface area contributed by atoms with Crippen molar-refractivity contribution in [3.8, 4) is 0 Å². The Morgan fingerprint density at radius 3 is 3.11 bits per heavy atom. The highest BCUT2D eigenvalue weighted by molar-refractivity contribution is 7.10. The fraction of sp³-hybridized carbons (Fsp3) is 0.714. The average Bonchev–Trinajstić information content (AvgIpc) is 2.92. The monoisotopic (exact) mass is 268 g/mol. The normalized spacial score (nSPS) is 26.4. The van der Waals surface area contributed by atoms with Gasteiger partial charge >= 0.3 is 0 Å². The van der Waals surface area contributed by atoms with Gasteiger partial charge in [0.05, 0.1) is 6.61 Å². The summed E-state index contributed by atoms with van der Waals surface area (Å²) in [6.45, 7) is 5.15. The second kappa shape index (κ2) is 6.66. The Morgan fingerprint density at radius 1 is 1.61 bits per heavy atom. The summed E-state index contributed by atoms with van der Waals surface area (Å²) in [4.78, 5) is 3.88. The summed E-state index contributed by atoms with van der Waals surface area (Å²) in [5.74, 6) is 0.594. The molecular weight excluding hydrogens is 244 g/mol. The third-order valence-electron chi connectivity index (χ3n) is 3.98. The Morgan fingerprint density at radius 2 is 2.44 bits per heavy atom. The molecule has 1 fully saturated rings. The van der Waals surface area contributed by atoms with E-state index in [2.05, 4.69) is 48.7 Å². The van der Waals surface area contributed by atoms with Gasteiger partial charge in [0.1, 0.15) is 0 Å². The van der Waals surface area contributed by atoms with Gasteiger partial charge in [0.15, 0.2) is 0 Å². The number of thiophene rings is 1. The number of nitrogens with one attached hydrogen (secondary N) is 1. The topological polar surface area (TPSA) is 24.5 Å². The van der Waals surface area contributed by atoms with E-state index >= 15 is 0 Å². The molecule has 1 N–H and O–H groups in total. The first-order chi connectivity index (χ1) is 8.72. The molecule has 1 aliphatic rings. The predicted molar refractivity (Wildman–Crippen MR) is 77.1 cm³/mol. The molecule has 1 aromatic heterocycles. The molecular formula is C14H24N2OS. The smallest absolute Gasteiger partial charge is 0.0521 e. The van der Waals surface area contributed by atoms with E-state index in [0.717, 1.165) is 26.2 Å². The molecule has 3 unspecified atom stereocenters. The molecule has 4 heteroatoms. The van der Waals surface area contributed by atoms with Crippen LogP contribution in [0.3, 0.4) is 0 Å². The fourth-order valence-electron chi connectivity index (χ4n) is 2.63. The molecule has 2 heterocycles. The Bertz CT molecular complexity index is 342. The van der Waals surface area contributed by atoms with Crippen LogP contribution in [-0.2, 0) is 4.74 Å². The van der Waals surface area contributed by atoms with Crippen LogP contribution in [0.15, 0.2) is 17.5 Å². The SMILES string of the molecule is CNC1CCOCC1CN(C)C(C)c1cccs1. The van der Waals surface area contributed by atoms with E-state index < -0.39 is 0 Å². The standard InChI is InChI=1S/C14H24N2OS/c1-11(14-5-4-8-18-14)16(3)9-12-10-17-7-6-13(12)15-2/h4-5,8,11-13,15H,6-7,9-10H2,1-3H3. The lowest BCUT2D eigenvalue weighted by atomic mass is 9.95. The summed E-state index contributed by atoms with van der Waals surface area (Å²) in [5.41, 5.74) is 0. The third kappa shape index (κ3) is 3.32. The lowest BCUT2D eigenvalue weighted by molar-refractivity contribution is 0.0174. The molecule has 0 saturated carbocycles. The van der Waals surface area contributed by atoms with Crippen LogP contribution in [0.5, 0.6) is 0 Å². The maximum absolute atomic E-state index is 5.62. The van der Waals surface area contributed by atoms with Gasteiger partial charge in [0.25, 0.3) is 0 Å². The maximum Gasteiger partial charge on any atom is 0.0521 e. The first-order valence-electron chi connectivity index (χ1n) is 6.71. The van der Waals surface area contributed by atoms with Crippen molar-refractivity contribution >= 4 is 11.3 Å². The maximum atomic E-state index is 5.62. The molecule has 0 amide bonds. The molecule has 0 aliphatic carbocycles. The van der Waals surface area contributed by atoms with E-state index in [0.29, 0.717) is 18.0 Å². The number of hydrogen-bond acceptors (Lipinski definition) is 4. The van der Waals surface area contributed by atoms with Crippen molar-refractivity contribution in [2.45, 2.75) is 25.4 Å². The molecule has 102 valence electrons. The molecule has 0 spiro atoms. The minimum atomic E-state index is 0.490. The van der Waals surface area contributed by atoms with Crippen LogP contribution < -0.4 is 5.32 Å². The highest BCUT2D eigenvalue weighted by Crippen LogP contribution is 2.25. The summed E-state index contributed by atoms with van der Waals surface area (Å²) in [5, 5.41) is 5.58. The Hall–Kier alpha value is -0.420. The van der Waals surface area contributed by atoms with E-state index in [9.17, 15) is 0 Å². The quantitative estimate of drug-likeness (QED) is 0.887. The van der Waals surface area contributed by atoms with E-state index in [4.69, 9.17) is 4.74 Å². The van der Waals surface area contributed by atoms with Crippen molar-refractivity contribution in [2.75, 3.05) is 33.9 Å². The van der Waals surface area contributed by atoms with Gasteiger partial charge in [-0.25, -0.2) is 0 Å². The molecule has 18 heavy (non-hydrogen) atoms. The number of hydrogen-bond donors (Lipinski definition) is 1. The van der Waals surface area contributed by atoms with Gasteiger partial charge in [-0.15, -0.1) is 11.3 Å². The summed E-state index contributed by atoms with van der Waals surface area (Å²) in [6.07, 6.45) is 1.13. The van der Waals surface area contributed by atoms with Crippen molar-refractivity contribution in [2.24, 2.45) is 5.92 Å². The van der Waals surface area contributed by atoms with E-state index in [1.54, 1.807) is 0 Å². The van der Waals surface area contributed by atoms with E-state index in [1.807, 2.05) is 11.3 Å². The minimum absolute atomic E-state index is 0.490. The zero-order valence-electron chi connectivity index (χ0n) is 11.6. The Labute approximate surface area is 114 Å². The van der Waals surface area contributed by atoms with Gasteiger partial charge in [-0.05, 0) is 38.9 Å². The zero-order valence-corrected chi connectivity index (χ0v) is 12.4. The van der Waals surface area contributed by atoms with Crippen LogP contribution in [0.1, 0.15) is 24.3 Å². The van der Waals surface area contributed by atoms with Crippen molar-refractivity contribution in [3.63, 3.8) is 0 Å². The minimum Gasteiger partial charge on any atom is -0.381 e. The van der Waals surface area contributed by atoms with E-state index in [1.165, 1.54) is 4.88 Å². The molecule has 1 aliphatic heterocycles. The molecule has 2 rings (SSSR count). The first kappa shape index (κ1) is 14.0. The van der Waals surface area contributed by atoms with Gasteiger partial charge in [-0.1, -0.05) is 6.07 Å². The fourth-order valence-corrected chi connectivity index (χ4v) is 3.48. The number of rotatable bonds is 5. The molecule has 3 nitrogen and oxygen atoms in total. The number of nitrogens with zero attached hydrogens (tertiary/aromatic N) is 1. The van der Waals surface area contributed by atoms with Gasteiger partial charge in [-0.3, -0.25) is 4.90 Å². The van der Waals surface area contributed by atoms with Crippen LogP contribution in [0.2, 0.25) is 0 Å². The summed E-state index contributed by atoms with van der Waals surface area (Å²) >= 11 is 1.84. The van der Waals surface area contributed by atoms with Crippen molar-refractivity contribution < 1.29 is 4.74 Å². The molecule has 0 bridgehead atoms. The molecule has 0 aromatic carbocycles. The Balaban J connectivity index is 1.91. The second-order valence-corrected chi connectivity index (χ2v) is 6.13. The molecule has 1 aromatic rings. The lowest BCUT2D eigenvalue weighted by Gasteiger charge is -2.35. The van der Waals surface area contributed by atoms with Crippen molar-refractivity contribution in [1.82, 2.24) is 10.2 Å². The van der Waals surface area contributed by atoms with Crippen LogP contribution in [0.4, 0.5) is 0 Å². The summed E-state index contributed by atoms with van der Waals surface area (Å²) in [7, 11) is 4.28. The average molecular weight is 268 g/mol. The van der Waals surface area contributed by atoms with Crippen LogP contribution in [0.25, 0.3) is 0 Å². The van der Waals surface area contributed by atoms with Gasteiger partial charge in [0.2, 0.25) is 0 Å². The summed E-state index contributed by atoms with van der Waals surface area (Å²) in [6, 6.07) is 5.43. The lowest BCUT2D eigenvalue weighted by Crippen LogP contribution is -2.46. The zero-order chi connectivity index (χ0) is 13.0. The van der Waals surface area contributed by atoms with Gasteiger partial charge in [-0.2, -0.15) is 0 Å². The molecule has 0 radical (unpaired) electrons. The predicted octanol–water partition coefficient (Wildman–Crippen LogP) is 2.37. The highest BCUT2D eigenvalue weighted by Gasteiger charge is 2.27. The van der Waals surface area contributed by atoms with Crippen LogP contribution in [0, 0.1) is 5.92 Å². The second-order valence-electron chi connectivity index (χ2n) is 5.15.